The SMILES string of the molecule is COc1ccc(C[C@H]2CN(C(=O)c3cscn3)CC[C@H]2OC)cc1. The molecular weight excluding hydrogens is 324 g/mol. The number of piperidine rings is 1. The van der Waals surface area contributed by atoms with E-state index in [-0.39, 0.29) is 17.9 Å². The molecular formula is C18H22N2O3S. The summed E-state index contributed by atoms with van der Waals surface area (Å²) < 4.78 is 10.9. The van der Waals surface area contributed by atoms with Gasteiger partial charge in [0.05, 0.1) is 18.7 Å². The van der Waals surface area contributed by atoms with Crippen molar-refractivity contribution >= 4 is 17.2 Å². The lowest BCUT2D eigenvalue weighted by atomic mass is 9.88. The predicted molar refractivity (Wildman–Crippen MR) is 93.6 cm³/mol. The molecule has 3 rings (SSSR count). The van der Waals surface area contributed by atoms with Gasteiger partial charge in [0.25, 0.3) is 5.91 Å². The summed E-state index contributed by atoms with van der Waals surface area (Å²) in [6.07, 6.45) is 1.91. The van der Waals surface area contributed by atoms with Crippen LogP contribution >= 0.6 is 11.3 Å². The van der Waals surface area contributed by atoms with Crippen LogP contribution in [0.3, 0.4) is 0 Å². The van der Waals surface area contributed by atoms with Gasteiger partial charge in [0, 0.05) is 31.5 Å². The van der Waals surface area contributed by atoms with E-state index >= 15 is 0 Å². The zero-order valence-corrected chi connectivity index (χ0v) is 14.8. The molecule has 0 unspecified atom stereocenters. The van der Waals surface area contributed by atoms with E-state index in [2.05, 4.69) is 17.1 Å². The number of nitrogens with zero attached hydrogens (tertiary/aromatic N) is 2. The lowest BCUT2D eigenvalue weighted by molar-refractivity contribution is -0.00314. The fourth-order valence-corrected chi connectivity index (χ4v) is 3.77. The predicted octanol–water partition coefficient (Wildman–Crippen LogP) is 2.87. The van der Waals surface area contributed by atoms with Crippen LogP contribution in [-0.4, -0.2) is 49.2 Å². The Morgan fingerprint density at radius 1 is 1.33 bits per heavy atom. The second-order valence-electron chi connectivity index (χ2n) is 6.00. The van der Waals surface area contributed by atoms with Gasteiger partial charge in [0.1, 0.15) is 11.4 Å². The summed E-state index contributed by atoms with van der Waals surface area (Å²) in [4.78, 5) is 18.6. The first-order chi connectivity index (χ1) is 11.7. The maximum atomic E-state index is 12.6. The van der Waals surface area contributed by atoms with Gasteiger partial charge in [-0.1, -0.05) is 12.1 Å². The Balaban J connectivity index is 1.69. The zero-order valence-electron chi connectivity index (χ0n) is 14.0. The van der Waals surface area contributed by atoms with Gasteiger partial charge in [0.15, 0.2) is 0 Å². The number of thiazole rings is 1. The highest BCUT2D eigenvalue weighted by Crippen LogP contribution is 2.25. The molecule has 6 heteroatoms. The van der Waals surface area contributed by atoms with E-state index in [0.29, 0.717) is 18.8 Å². The molecule has 5 nitrogen and oxygen atoms in total. The lowest BCUT2D eigenvalue weighted by Crippen LogP contribution is -2.47. The number of amides is 1. The number of hydrogen-bond acceptors (Lipinski definition) is 5. The van der Waals surface area contributed by atoms with Crippen molar-refractivity contribution in [2.24, 2.45) is 5.92 Å². The highest BCUT2D eigenvalue weighted by molar-refractivity contribution is 7.07. The summed E-state index contributed by atoms with van der Waals surface area (Å²) in [7, 11) is 3.42. The second-order valence-corrected chi connectivity index (χ2v) is 6.72. The number of hydrogen-bond donors (Lipinski definition) is 0. The molecule has 0 bridgehead atoms. The minimum Gasteiger partial charge on any atom is -0.497 e. The number of carbonyl (C=O) groups is 1. The molecule has 1 aliphatic rings. The summed E-state index contributed by atoms with van der Waals surface area (Å²) >= 11 is 1.45. The number of ether oxygens (including phenoxy) is 2. The van der Waals surface area contributed by atoms with Crippen LogP contribution in [0.4, 0.5) is 0 Å². The zero-order chi connectivity index (χ0) is 16.9. The van der Waals surface area contributed by atoms with Crippen molar-refractivity contribution in [3.63, 3.8) is 0 Å². The van der Waals surface area contributed by atoms with Gasteiger partial charge in [-0.2, -0.15) is 0 Å². The molecule has 1 aromatic carbocycles. The highest BCUT2D eigenvalue weighted by atomic mass is 32.1. The maximum absolute atomic E-state index is 12.6. The fourth-order valence-electron chi connectivity index (χ4n) is 3.25. The Kier molecular flexibility index (Phi) is 5.48. The van der Waals surface area contributed by atoms with E-state index < -0.39 is 0 Å². The third-order valence-corrected chi connectivity index (χ3v) is 5.15. The van der Waals surface area contributed by atoms with Crippen molar-refractivity contribution in [1.29, 1.82) is 0 Å². The molecule has 2 heterocycles. The van der Waals surface area contributed by atoms with E-state index in [4.69, 9.17) is 9.47 Å². The highest BCUT2D eigenvalue weighted by Gasteiger charge is 2.32. The largest absolute Gasteiger partial charge is 0.497 e. The molecule has 2 atom stereocenters. The Hall–Kier alpha value is -1.92. The molecule has 1 amide bonds. The smallest absolute Gasteiger partial charge is 0.273 e. The van der Waals surface area contributed by atoms with Crippen LogP contribution < -0.4 is 4.74 Å². The molecule has 0 saturated carbocycles. The van der Waals surface area contributed by atoms with Crippen LogP contribution in [-0.2, 0) is 11.2 Å². The average Bonchev–Trinajstić information content (AvgIpc) is 3.16. The monoisotopic (exact) mass is 346 g/mol. The maximum Gasteiger partial charge on any atom is 0.273 e. The quantitative estimate of drug-likeness (QED) is 0.835. The summed E-state index contributed by atoms with van der Waals surface area (Å²) in [6.45, 7) is 1.41. The van der Waals surface area contributed by atoms with Crippen LogP contribution in [0, 0.1) is 5.92 Å². The molecule has 0 spiro atoms. The Bertz CT molecular complexity index is 657. The van der Waals surface area contributed by atoms with E-state index in [0.717, 1.165) is 18.6 Å². The number of carbonyl (C=O) groups excluding carboxylic acids is 1. The van der Waals surface area contributed by atoms with Gasteiger partial charge >= 0.3 is 0 Å². The van der Waals surface area contributed by atoms with Crippen LogP contribution in [0.1, 0.15) is 22.5 Å². The van der Waals surface area contributed by atoms with E-state index in [9.17, 15) is 4.79 Å². The van der Waals surface area contributed by atoms with Crippen molar-refractivity contribution in [1.82, 2.24) is 9.88 Å². The normalized spacial score (nSPS) is 20.8. The first-order valence-electron chi connectivity index (χ1n) is 8.04. The van der Waals surface area contributed by atoms with Crippen LogP contribution in [0.15, 0.2) is 35.2 Å². The second kappa shape index (κ2) is 7.77. The molecule has 24 heavy (non-hydrogen) atoms. The third-order valence-electron chi connectivity index (χ3n) is 4.56. The van der Waals surface area contributed by atoms with Crippen LogP contribution in [0.2, 0.25) is 0 Å². The van der Waals surface area contributed by atoms with E-state index in [1.54, 1.807) is 19.7 Å². The molecule has 128 valence electrons. The summed E-state index contributed by atoms with van der Waals surface area (Å²) in [5.74, 6) is 1.15. The first-order valence-corrected chi connectivity index (χ1v) is 8.98. The number of likely N-dealkylation sites (tertiary alicyclic amines) is 1. The molecule has 2 aromatic rings. The Labute approximate surface area is 146 Å². The molecule has 0 aliphatic carbocycles. The van der Waals surface area contributed by atoms with Crippen LogP contribution in [0.5, 0.6) is 5.75 Å². The van der Waals surface area contributed by atoms with Crippen molar-refractivity contribution in [2.75, 3.05) is 27.3 Å². The Morgan fingerprint density at radius 2 is 2.12 bits per heavy atom. The van der Waals surface area contributed by atoms with E-state index in [1.165, 1.54) is 16.9 Å². The molecule has 1 saturated heterocycles. The number of benzene rings is 1. The summed E-state index contributed by atoms with van der Waals surface area (Å²) in [5, 5.41) is 1.81. The topological polar surface area (TPSA) is 51.7 Å². The van der Waals surface area contributed by atoms with Gasteiger partial charge in [-0.25, -0.2) is 4.98 Å². The van der Waals surface area contributed by atoms with Crippen molar-refractivity contribution in [3.05, 3.63) is 46.4 Å². The van der Waals surface area contributed by atoms with Crippen LogP contribution in [0.25, 0.3) is 0 Å². The average molecular weight is 346 g/mol. The fraction of sp³-hybridized carbons (Fsp3) is 0.444. The molecule has 0 radical (unpaired) electrons. The van der Waals surface area contributed by atoms with Gasteiger partial charge in [-0.05, 0) is 30.5 Å². The molecule has 1 fully saturated rings. The molecule has 0 N–H and O–H groups in total. The van der Waals surface area contributed by atoms with Gasteiger partial charge in [-0.15, -0.1) is 11.3 Å². The third kappa shape index (κ3) is 3.76. The summed E-state index contributed by atoms with van der Waals surface area (Å²) in [5.41, 5.74) is 3.47. The lowest BCUT2D eigenvalue weighted by Gasteiger charge is -2.37. The minimum atomic E-state index is 0.0190. The van der Waals surface area contributed by atoms with Crippen molar-refractivity contribution < 1.29 is 14.3 Å². The van der Waals surface area contributed by atoms with Gasteiger partial charge in [-0.3, -0.25) is 4.79 Å². The Morgan fingerprint density at radius 3 is 2.75 bits per heavy atom. The summed E-state index contributed by atoms with van der Waals surface area (Å²) in [6, 6.07) is 8.09. The van der Waals surface area contributed by atoms with E-state index in [1.807, 2.05) is 22.4 Å². The minimum absolute atomic E-state index is 0.0190. The first kappa shape index (κ1) is 16.9. The standard InChI is InChI=1S/C18H22N2O3S/c1-22-15-5-3-13(4-6-15)9-14-10-20(8-7-17(14)23-2)18(21)16-11-24-12-19-16/h3-6,11-12,14,17H,7-10H2,1-2H3/t14-,17+/m0/s1. The molecule has 1 aliphatic heterocycles. The van der Waals surface area contributed by atoms with Crippen molar-refractivity contribution in [3.8, 4) is 5.75 Å². The van der Waals surface area contributed by atoms with Crippen molar-refractivity contribution in [2.45, 2.75) is 18.9 Å². The van der Waals surface area contributed by atoms with Gasteiger partial charge in [0.2, 0.25) is 0 Å². The molecule has 1 aromatic heterocycles. The van der Waals surface area contributed by atoms with Gasteiger partial charge < -0.3 is 14.4 Å². The number of aromatic nitrogens is 1. The number of rotatable bonds is 5. The number of methoxy groups -OCH3 is 2.